The summed E-state index contributed by atoms with van der Waals surface area (Å²) in [5, 5.41) is 3.16. The SMILES string of the molecule is O=C1C[C@@H]2CCC[C@@H](c3ccc4c(c3)OCO4)[C@@H]2N1. The van der Waals surface area contributed by atoms with Crippen molar-refractivity contribution in [1.29, 1.82) is 0 Å². The van der Waals surface area contributed by atoms with Crippen molar-refractivity contribution in [2.24, 2.45) is 5.92 Å². The minimum Gasteiger partial charge on any atom is -0.454 e. The van der Waals surface area contributed by atoms with Gasteiger partial charge in [0.25, 0.3) is 0 Å². The molecule has 2 aliphatic heterocycles. The number of nitrogens with one attached hydrogen (secondary N) is 1. The lowest BCUT2D eigenvalue weighted by atomic mass is 9.74. The van der Waals surface area contributed by atoms with Gasteiger partial charge in [0.05, 0.1) is 0 Å². The Labute approximate surface area is 112 Å². The highest BCUT2D eigenvalue weighted by Gasteiger charge is 2.40. The fraction of sp³-hybridized carbons (Fsp3) is 0.533. The molecule has 1 N–H and O–H groups in total. The first-order valence-corrected chi connectivity index (χ1v) is 7.00. The molecule has 100 valence electrons. The third-order valence-corrected chi connectivity index (χ3v) is 4.63. The summed E-state index contributed by atoms with van der Waals surface area (Å²) in [6.07, 6.45) is 4.21. The molecule has 1 aromatic rings. The number of rotatable bonds is 1. The Morgan fingerprint density at radius 3 is 3.00 bits per heavy atom. The maximum absolute atomic E-state index is 11.6. The Hall–Kier alpha value is -1.71. The lowest BCUT2D eigenvalue weighted by molar-refractivity contribution is -0.119. The van der Waals surface area contributed by atoms with E-state index in [-0.39, 0.29) is 5.91 Å². The van der Waals surface area contributed by atoms with Gasteiger partial charge in [0.1, 0.15) is 0 Å². The van der Waals surface area contributed by atoms with Crippen LogP contribution in [0.2, 0.25) is 0 Å². The lowest BCUT2D eigenvalue weighted by Crippen LogP contribution is -2.37. The number of carbonyl (C=O) groups excluding carboxylic acids is 1. The first-order chi connectivity index (χ1) is 9.31. The van der Waals surface area contributed by atoms with Crippen molar-refractivity contribution in [2.45, 2.75) is 37.6 Å². The van der Waals surface area contributed by atoms with Gasteiger partial charge in [0, 0.05) is 18.4 Å². The number of amides is 1. The zero-order chi connectivity index (χ0) is 12.8. The fourth-order valence-corrected chi connectivity index (χ4v) is 3.74. The Morgan fingerprint density at radius 1 is 1.16 bits per heavy atom. The molecule has 0 bridgehead atoms. The molecule has 2 fully saturated rings. The average molecular weight is 259 g/mol. The first kappa shape index (κ1) is 11.1. The Morgan fingerprint density at radius 2 is 2.05 bits per heavy atom. The van der Waals surface area contributed by atoms with Gasteiger partial charge < -0.3 is 14.8 Å². The summed E-state index contributed by atoms with van der Waals surface area (Å²) in [5.74, 6) is 2.80. The molecule has 0 radical (unpaired) electrons. The topological polar surface area (TPSA) is 47.6 Å². The van der Waals surface area contributed by atoms with E-state index in [2.05, 4.69) is 17.4 Å². The molecule has 4 rings (SSSR count). The van der Waals surface area contributed by atoms with Gasteiger partial charge in [0.15, 0.2) is 11.5 Å². The van der Waals surface area contributed by atoms with E-state index in [4.69, 9.17) is 9.47 Å². The molecule has 1 amide bonds. The molecule has 4 heteroatoms. The van der Waals surface area contributed by atoms with Gasteiger partial charge >= 0.3 is 0 Å². The number of ether oxygens (including phenoxy) is 2. The summed E-state index contributed by atoms with van der Waals surface area (Å²) in [6.45, 7) is 0.312. The largest absolute Gasteiger partial charge is 0.454 e. The molecule has 1 aliphatic carbocycles. The smallest absolute Gasteiger partial charge is 0.231 e. The predicted molar refractivity (Wildman–Crippen MR) is 69.2 cm³/mol. The second-order valence-electron chi connectivity index (χ2n) is 5.71. The monoisotopic (exact) mass is 259 g/mol. The van der Waals surface area contributed by atoms with Crippen molar-refractivity contribution < 1.29 is 14.3 Å². The zero-order valence-corrected chi connectivity index (χ0v) is 10.7. The van der Waals surface area contributed by atoms with Crippen LogP contribution in [0.25, 0.3) is 0 Å². The third-order valence-electron chi connectivity index (χ3n) is 4.63. The van der Waals surface area contributed by atoms with E-state index >= 15 is 0 Å². The quantitative estimate of drug-likeness (QED) is 0.841. The maximum atomic E-state index is 11.6. The molecule has 1 saturated carbocycles. The molecule has 19 heavy (non-hydrogen) atoms. The van der Waals surface area contributed by atoms with E-state index in [1.54, 1.807) is 0 Å². The van der Waals surface area contributed by atoms with E-state index in [1.165, 1.54) is 18.4 Å². The van der Waals surface area contributed by atoms with Crippen LogP contribution in [-0.2, 0) is 4.79 Å². The molecule has 3 aliphatic rings. The highest BCUT2D eigenvalue weighted by molar-refractivity contribution is 5.79. The summed E-state index contributed by atoms with van der Waals surface area (Å²) in [4.78, 5) is 11.6. The van der Waals surface area contributed by atoms with Crippen LogP contribution in [0.4, 0.5) is 0 Å². The number of benzene rings is 1. The average Bonchev–Trinajstić information content (AvgIpc) is 3.01. The van der Waals surface area contributed by atoms with Gasteiger partial charge in [0.2, 0.25) is 12.7 Å². The Balaban J connectivity index is 1.65. The second-order valence-corrected chi connectivity index (χ2v) is 5.71. The van der Waals surface area contributed by atoms with Crippen LogP contribution in [0, 0.1) is 5.92 Å². The van der Waals surface area contributed by atoms with Crippen molar-refractivity contribution in [2.75, 3.05) is 6.79 Å². The minimum atomic E-state index is 0.211. The van der Waals surface area contributed by atoms with E-state index in [9.17, 15) is 4.79 Å². The van der Waals surface area contributed by atoms with E-state index in [1.807, 2.05) is 6.07 Å². The van der Waals surface area contributed by atoms with Gasteiger partial charge in [-0.05, 0) is 36.5 Å². The van der Waals surface area contributed by atoms with Gasteiger partial charge in [-0.25, -0.2) is 0 Å². The molecule has 2 heterocycles. The van der Waals surface area contributed by atoms with Crippen molar-refractivity contribution in [1.82, 2.24) is 5.32 Å². The molecule has 4 nitrogen and oxygen atoms in total. The van der Waals surface area contributed by atoms with Gasteiger partial charge in [-0.3, -0.25) is 4.79 Å². The standard InChI is InChI=1S/C15H17NO3/c17-14-7-10-2-1-3-11(15(10)16-14)9-4-5-12-13(6-9)19-8-18-12/h4-6,10-11,15H,1-3,7-8H2,(H,16,17)/t10-,11-,15+/m0/s1. The van der Waals surface area contributed by atoms with Crippen molar-refractivity contribution >= 4 is 5.91 Å². The molecule has 0 aromatic heterocycles. The van der Waals surface area contributed by atoms with E-state index < -0.39 is 0 Å². The summed E-state index contributed by atoms with van der Waals surface area (Å²) in [7, 11) is 0. The summed E-state index contributed by atoms with van der Waals surface area (Å²) in [5.41, 5.74) is 1.26. The number of hydrogen-bond acceptors (Lipinski definition) is 3. The number of fused-ring (bicyclic) bond motifs is 2. The summed E-state index contributed by atoms with van der Waals surface area (Å²) < 4.78 is 10.8. The molecule has 0 unspecified atom stereocenters. The van der Waals surface area contributed by atoms with Crippen LogP contribution in [0.5, 0.6) is 11.5 Å². The predicted octanol–water partition coefficient (Wildman–Crippen LogP) is 2.19. The van der Waals surface area contributed by atoms with Crippen molar-refractivity contribution in [3.05, 3.63) is 23.8 Å². The molecular formula is C15H17NO3. The zero-order valence-electron chi connectivity index (χ0n) is 10.7. The third kappa shape index (κ3) is 1.78. The highest BCUT2D eigenvalue weighted by atomic mass is 16.7. The number of hydrogen-bond donors (Lipinski definition) is 1. The second kappa shape index (κ2) is 4.15. The molecular weight excluding hydrogens is 242 g/mol. The Kier molecular flexibility index (Phi) is 2.43. The first-order valence-electron chi connectivity index (χ1n) is 7.00. The fourth-order valence-electron chi connectivity index (χ4n) is 3.74. The van der Waals surface area contributed by atoms with Crippen molar-refractivity contribution in [3.8, 4) is 11.5 Å². The number of carbonyl (C=O) groups is 1. The Bertz CT molecular complexity index is 528. The van der Waals surface area contributed by atoms with E-state index in [0.717, 1.165) is 17.9 Å². The van der Waals surface area contributed by atoms with Gasteiger partial charge in [-0.15, -0.1) is 0 Å². The normalized spacial score (nSPS) is 32.0. The van der Waals surface area contributed by atoms with Crippen LogP contribution in [0.1, 0.15) is 37.2 Å². The molecule has 1 saturated heterocycles. The van der Waals surface area contributed by atoms with E-state index in [0.29, 0.717) is 31.1 Å². The minimum absolute atomic E-state index is 0.211. The molecule has 0 spiro atoms. The lowest BCUT2D eigenvalue weighted by Gasteiger charge is -2.33. The summed E-state index contributed by atoms with van der Waals surface area (Å²) in [6, 6.07) is 6.49. The van der Waals surface area contributed by atoms with Crippen molar-refractivity contribution in [3.63, 3.8) is 0 Å². The van der Waals surface area contributed by atoms with Crippen LogP contribution < -0.4 is 14.8 Å². The summed E-state index contributed by atoms with van der Waals surface area (Å²) >= 11 is 0. The van der Waals surface area contributed by atoms with Crippen LogP contribution in [0.3, 0.4) is 0 Å². The van der Waals surface area contributed by atoms with Crippen LogP contribution in [-0.4, -0.2) is 18.7 Å². The van der Waals surface area contributed by atoms with Gasteiger partial charge in [-0.2, -0.15) is 0 Å². The highest BCUT2D eigenvalue weighted by Crippen LogP contribution is 2.43. The van der Waals surface area contributed by atoms with Gasteiger partial charge in [-0.1, -0.05) is 12.5 Å². The molecule has 3 atom stereocenters. The maximum Gasteiger partial charge on any atom is 0.231 e. The van der Waals surface area contributed by atoms with Crippen LogP contribution >= 0.6 is 0 Å². The molecule has 1 aromatic carbocycles. The van der Waals surface area contributed by atoms with Crippen LogP contribution in [0.15, 0.2) is 18.2 Å².